The maximum atomic E-state index is 10.4. The molecule has 0 radical (unpaired) electrons. The number of nitrogens with zero attached hydrogens (tertiary/aromatic N) is 1. The molecular formula is C8H9NO4. The van der Waals surface area contributed by atoms with E-state index < -0.39 is 4.92 Å². The third kappa shape index (κ3) is 1.53. The van der Waals surface area contributed by atoms with Gasteiger partial charge in [-0.15, -0.1) is 0 Å². The molecule has 0 aliphatic heterocycles. The van der Waals surface area contributed by atoms with Crippen LogP contribution in [0.2, 0.25) is 0 Å². The number of ether oxygens (including phenoxy) is 1. The van der Waals surface area contributed by atoms with Crippen molar-refractivity contribution in [1.82, 2.24) is 0 Å². The summed E-state index contributed by atoms with van der Waals surface area (Å²) < 4.78 is 4.88. The fourth-order valence-electron chi connectivity index (χ4n) is 1.04. The van der Waals surface area contributed by atoms with Crippen LogP contribution < -0.4 is 4.74 Å². The SMILES string of the molecule is COc1ccc([N+](=O)[O-])c(O)c1C. The van der Waals surface area contributed by atoms with Gasteiger partial charge >= 0.3 is 5.69 Å². The smallest absolute Gasteiger partial charge is 0.311 e. The average molecular weight is 183 g/mol. The van der Waals surface area contributed by atoms with Crippen molar-refractivity contribution in [2.24, 2.45) is 0 Å². The number of hydrogen-bond donors (Lipinski definition) is 1. The summed E-state index contributed by atoms with van der Waals surface area (Å²) in [5.74, 6) is 0.0902. The highest BCUT2D eigenvalue weighted by molar-refractivity contribution is 5.56. The number of rotatable bonds is 2. The van der Waals surface area contributed by atoms with Crippen molar-refractivity contribution in [2.45, 2.75) is 6.92 Å². The van der Waals surface area contributed by atoms with Crippen LogP contribution in [0.1, 0.15) is 5.56 Å². The van der Waals surface area contributed by atoms with Gasteiger partial charge < -0.3 is 9.84 Å². The van der Waals surface area contributed by atoms with Gasteiger partial charge in [0, 0.05) is 11.6 Å². The molecule has 1 rings (SSSR count). The maximum Gasteiger partial charge on any atom is 0.311 e. The second-order valence-corrected chi connectivity index (χ2v) is 2.52. The Kier molecular flexibility index (Phi) is 2.36. The fraction of sp³-hybridized carbons (Fsp3) is 0.250. The molecule has 5 heteroatoms. The van der Waals surface area contributed by atoms with Crippen molar-refractivity contribution in [3.05, 3.63) is 27.8 Å². The van der Waals surface area contributed by atoms with E-state index in [1.54, 1.807) is 6.92 Å². The van der Waals surface area contributed by atoms with Crippen LogP contribution in [0.4, 0.5) is 5.69 Å². The zero-order valence-corrected chi connectivity index (χ0v) is 7.27. The molecule has 5 nitrogen and oxygen atoms in total. The molecular weight excluding hydrogens is 174 g/mol. The van der Waals surface area contributed by atoms with Crippen LogP contribution in [-0.4, -0.2) is 17.1 Å². The van der Waals surface area contributed by atoms with Crippen LogP contribution in [0.25, 0.3) is 0 Å². The summed E-state index contributed by atoms with van der Waals surface area (Å²) in [5, 5.41) is 19.7. The van der Waals surface area contributed by atoms with Crippen molar-refractivity contribution >= 4 is 5.69 Å². The molecule has 0 spiro atoms. The second kappa shape index (κ2) is 3.30. The highest BCUT2D eigenvalue weighted by Gasteiger charge is 2.17. The van der Waals surface area contributed by atoms with Gasteiger partial charge in [-0.3, -0.25) is 10.1 Å². The molecule has 13 heavy (non-hydrogen) atoms. The lowest BCUT2D eigenvalue weighted by Gasteiger charge is -2.05. The van der Waals surface area contributed by atoms with Crippen molar-refractivity contribution in [3.8, 4) is 11.5 Å². The Morgan fingerprint density at radius 2 is 2.15 bits per heavy atom. The monoisotopic (exact) mass is 183 g/mol. The summed E-state index contributed by atoms with van der Waals surface area (Å²) >= 11 is 0. The summed E-state index contributed by atoms with van der Waals surface area (Å²) in [6.45, 7) is 1.56. The van der Waals surface area contributed by atoms with Gasteiger partial charge in [0.25, 0.3) is 0 Å². The second-order valence-electron chi connectivity index (χ2n) is 2.52. The van der Waals surface area contributed by atoms with Crippen LogP contribution in [0.5, 0.6) is 11.5 Å². The Morgan fingerprint density at radius 1 is 1.54 bits per heavy atom. The standard InChI is InChI=1S/C8H9NO4/c1-5-7(13-2)4-3-6(8(5)10)9(11)12/h3-4,10H,1-2H3. The average Bonchev–Trinajstić information content (AvgIpc) is 2.09. The predicted molar refractivity (Wildman–Crippen MR) is 46.1 cm³/mol. The molecule has 0 aliphatic carbocycles. The highest BCUT2D eigenvalue weighted by atomic mass is 16.6. The van der Waals surface area contributed by atoms with Gasteiger partial charge in [0.05, 0.1) is 12.0 Å². The summed E-state index contributed by atoms with van der Waals surface area (Å²) in [7, 11) is 1.44. The predicted octanol–water partition coefficient (Wildman–Crippen LogP) is 1.62. The van der Waals surface area contributed by atoms with Gasteiger partial charge in [-0.05, 0) is 13.0 Å². The van der Waals surface area contributed by atoms with Crippen LogP contribution in [0, 0.1) is 17.0 Å². The quantitative estimate of drug-likeness (QED) is 0.558. The summed E-state index contributed by atoms with van der Waals surface area (Å²) in [6.07, 6.45) is 0. The molecule has 70 valence electrons. The summed E-state index contributed by atoms with van der Waals surface area (Å²) in [4.78, 5) is 9.74. The van der Waals surface area contributed by atoms with Gasteiger partial charge in [0.15, 0.2) is 0 Å². The van der Waals surface area contributed by atoms with E-state index in [4.69, 9.17) is 4.74 Å². The minimum absolute atomic E-state index is 0.307. The molecule has 1 N–H and O–H groups in total. The Hall–Kier alpha value is -1.78. The third-order valence-electron chi connectivity index (χ3n) is 1.78. The number of nitro groups is 1. The number of benzene rings is 1. The number of methoxy groups -OCH3 is 1. The largest absolute Gasteiger partial charge is 0.502 e. The van der Waals surface area contributed by atoms with Crippen molar-refractivity contribution in [2.75, 3.05) is 7.11 Å². The molecule has 0 amide bonds. The molecule has 0 atom stereocenters. The van der Waals surface area contributed by atoms with E-state index in [9.17, 15) is 15.2 Å². The lowest BCUT2D eigenvalue weighted by molar-refractivity contribution is -0.385. The fourth-order valence-corrected chi connectivity index (χ4v) is 1.04. The van der Waals surface area contributed by atoms with Crippen LogP contribution >= 0.6 is 0 Å². The summed E-state index contributed by atoms with van der Waals surface area (Å²) in [5.41, 5.74) is 0.0648. The zero-order valence-electron chi connectivity index (χ0n) is 7.27. The van der Waals surface area contributed by atoms with Gasteiger partial charge in [0.2, 0.25) is 5.75 Å². The normalized spacial score (nSPS) is 9.69. The number of phenolic OH excluding ortho intramolecular Hbond substituents is 1. The Morgan fingerprint density at radius 3 is 2.62 bits per heavy atom. The Bertz CT molecular complexity index is 348. The first-order valence-electron chi connectivity index (χ1n) is 3.59. The number of hydrogen-bond acceptors (Lipinski definition) is 4. The molecule has 0 fully saturated rings. The van der Waals surface area contributed by atoms with Gasteiger partial charge in [0.1, 0.15) is 5.75 Å². The van der Waals surface area contributed by atoms with E-state index in [2.05, 4.69) is 0 Å². The maximum absolute atomic E-state index is 10.4. The van der Waals surface area contributed by atoms with Gasteiger partial charge in [-0.1, -0.05) is 0 Å². The first-order valence-corrected chi connectivity index (χ1v) is 3.59. The Labute approximate surface area is 74.7 Å². The van der Waals surface area contributed by atoms with E-state index >= 15 is 0 Å². The van der Waals surface area contributed by atoms with E-state index in [0.717, 1.165) is 0 Å². The Balaban J connectivity index is 3.31. The zero-order chi connectivity index (χ0) is 10.0. The topological polar surface area (TPSA) is 72.6 Å². The molecule has 0 heterocycles. The summed E-state index contributed by atoms with van der Waals surface area (Å²) in [6, 6.07) is 2.66. The van der Waals surface area contributed by atoms with E-state index in [1.165, 1.54) is 19.2 Å². The molecule has 1 aromatic rings. The van der Waals surface area contributed by atoms with Crippen molar-refractivity contribution in [1.29, 1.82) is 0 Å². The first kappa shape index (κ1) is 9.31. The van der Waals surface area contributed by atoms with Crippen molar-refractivity contribution < 1.29 is 14.8 Å². The van der Waals surface area contributed by atoms with E-state index in [-0.39, 0.29) is 11.4 Å². The minimum atomic E-state index is -0.637. The minimum Gasteiger partial charge on any atom is -0.502 e. The molecule has 0 saturated carbocycles. The third-order valence-corrected chi connectivity index (χ3v) is 1.78. The number of nitro benzene ring substituents is 1. The molecule has 0 aliphatic rings. The lowest BCUT2D eigenvalue weighted by Crippen LogP contribution is -1.93. The van der Waals surface area contributed by atoms with Crippen LogP contribution in [-0.2, 0) is 0 Å². The number of aromatic hydroxyl groups is 1. The molecule has 0 saturated heterocycles. The number of phenols is 1. The molecule has 0 bridgehead atoms. The van der Waals surface area contributed by atoms with Crippen molar-refractivity contribution in [3.63, 3.8) is 0 Å². The lowest BCUT2D eigenvalue weighted by atomic mass is 10.2. The molecule has 0 unspecified atom stereocenters. The highest BCUT2D eigenvalue weighted by Crippen LogP contribution is 2.34. The van der Waals surface area contributed by atoms with Crippen LogP contribution in [0.15, 0.2) is 12.1 Å². The van der Waals surface area contributed by atoms with Crippen LogP contribution in [0.3, 0.4) is 0 Å². The van der Waals surface area contributed by atoms with E-state index in [0.29, 0.717) is 11.3 Å². The van der Waals surface area contributed by atoms with Gasteiger partial charge in [-0.2, -0.15) is 0 Å². The molecule has 1 aromatic carbocycles. The van der Waals surface area contributed by atoms with Gasteiger partial charge in [-0.25, -0.2) is 0 Å². The first-order chi connectivity index (χ1) is 6.07. The molecule has 0 aromatic heterocycles. The van der Waals surface area contributed by atoms with E-state index in [1.807, 2.05) is 0 Å².